The maximum atomic E-state index is 8.72. The van der Waals surface area contributed by atoms with E-state index in [2.05, 4.69) is 17.1 Å². The second kappa shape index (κ2) is 8.56. The van der Waals surface area contributed by atoms with Crippen LogP contribution in [0.25, 0.3) is 0 Å². The summed E-state index contributed by atoms with van der Waals surface area (Å²) in [7, 11) is 0. The Morgan fingerprint density at radius 2 is 1.70 bits per heavy atom. The van der Waals surface area contributed by atoms with Gasteiger partial charge in [0, 0.05) is 12.0 Å². The Kier molecular flexibility index (Phi) is 6.35. The molecule has 0 radical (unpaired) electrons. The summed E-state index contributed by atoms with van der Waals surface area (Å²) in [6.07, 6.45) is 2.92. The number of hydrogen-bond acceptors (Lipinski definition) is 3. The highest BCUT2D eigenvalue weighted by Gasteiger charge is 1.94. The zero-order valence-corrected chi connectivity index (χ0v) is 12.2. The lowest BCUT2D eigenvalue weighted by Gasteiger charge is -2.01. The summed E-state index contributed by atoms with van der Waals surface area (Å²) in [5.74, 6) is 1.87. The number of rotatable bonds is 7. The smallest absolute Gasteiger partial charge is 0.0630 e. The number of aliphatic hydroxyl groups excluding tert-OH is 1. The minimum atomic E-state index is 0.262. The number of hydrogen-bond donors (Lipinski definition) is 1. The lowest BCUT2D eigenvalue weighted by atomic mass is 10.1. The van der Waals surface area contributed by atoms with Gasteiger partial charge in [0.15, 0.2) is 0 Å². The van der Waals surface area contributed by atoms with Crippen molar-refractivity contribution >= 4 is 23.7 Å². The average Bonchev–Trinajstić information content (AvgIpc) is 2.52. The fraction of sp³-hybridized carbons (Fsp3) is 0.235. The number of aliphatic hydroxyl groups is 1. The molecule has 0 aromatic heterocycles. The molecule has 3 heteroatoms. The summed E-state index contributed by atoms with van der Waals surface area (Å²) in [4.78, 5) is 4.46. The van der Waals surface area contributed by atoms with Crippen molar-refractivity contribution in [2.75, 3.05) is 18.1 Å². The second-order valence-corrected chi connectivity index (χ2v) is 5.65. The van der Waals surface area contributed by atoms with Crippen LogP contribution in [0.3, 0.4) is 0 Å². The molecule has 0 bridgehead atoms. The van der Waals surface area contributed by atoms with Crippen molar-refractivity contribution in [2.24, 2.45) is 4.99 Å². The van der Waals surface area contributed by atoms with E-state index in [4.69, 9.17) is 5.11 Å². The second-order valence-electron chi connectivity index (χ2n) is 4.42. The summed E-state index contributed by atoms with van der Waals surface area (Å²) in [5.41, 5.74) is 3.40. The summed E-state index contributed by atoms with van der Waals surface area (Å²) in [5, 5.41) is 8.72. The van der Waals surface area contributed by atoms with E-state index in [1.165, 1.54) is 5.56 Å². The van der Waals surface area contributed by atoms with Gasteiger partial charge >= 0.3 is 0 Å². The molecule has 2 aromatic carbocycles. The first-order valence-electron chi connectivity index (χ1n) is 6.75. The topological polar surface area (TPSA) is 32.6 Å². The molecule has 0 aliphatic rings. The largest absolute Gasteiger partial charge is 0.396 e. The summed E-state index contributed by atoms with van der Waals surface area (Å²) in [6.45, 7) is 0.262. The van der Waals surface area contributed by atoms with Gasteiger partial charge in [0.05, 0.1) is 12.3 Å². The maximum absolute atomic E-state index is 8.72. The van der Waals surface area contributed by atoms with Crippen molar-refractivity contribution in [1.29, 1.82) is 0 Å². The van der Waals surface area contributed by atoms with Gasteiger partial charge in [-0.15, -0.1) is 0 Å². The molecule has 20 heavy (non-hydrogen) atoms. The van der Waals surface area contributed by atoms with Crippen molar-refractivity contribution in [3.63, 3.8) is 0 Å². The number of aliphatic imine (C=N–C) groups is 1. The molecule has 2 rings (SSSR count). The molecule has 0 heterocycles. The van der Waals surface area contributed by atoms with E-state index in [0.717, 1.165) is 29.2 Å². The third kappa shape index (κ3) is 5.19. The number of benzene rings is 2. The minimum absolute atomic E-state index is 0.262. The molecule has 104 valence electrons. The Bertz CT molecular complexity index is 522. The SMILES string of the molecule is OCCSCCc1ccc(N=Cc2ccccc2)cc1. The Labute approximate surface area is 124 Å². The van der Waals surface area contributed by atoms with E-state index < -0.39 is 0 Å². The maximum Gasteiger partial charge on any atom is 0.0630 e. The van der Waals surface area contributed by atoms with Gasteiger partial charge in [-0.05, 0) is 35.4 Å². The van der Waals surface area contributed by atoms with Crippen molar-refractivity contribution in [3.05, 3.63) is 65.7 Å². The van der Waals surface area contributed by atoms with Crippen molar-refractivity contribution in [1.82, 2.24) is 0 Å². The highest BCUT2D eigenvalue weighted by atomic mass is 32.2. The van der Waals surface area contributed by atoms with Crippen LogP contribution < -0.4 is 0 Å². The molecule has 2 nitrogen and oxygen atoms in total. The summed E-state index contributed by atoms with van der Waals surface area (Å²) < 4.78 is 0. The first kappa shape index (κ1) is 14.8. The van der Waals surface area contributed by atoms with Crippen LogP contribution in [-0.4, -0.2) is 29.4 Å². The normalized spacial score (nSPS) is 11.1. The molecule has 1 N–H and O–H groups in total. The molecular formula is C17H19NOS. The van der Waals surface area contributed by atoms with Crippen molar-refractivity contribution < 1.29 is 5.11 Å². The first-order valence-corrected chi connectivity index (χ1v) is 7.90. The molecule has 0 atom stereocenters. The Morgan fingerprint density at radius 1 is 0.950 bits per heavy atom. The van der Waals surface area contributed by atoms with E-state index in [1.807, 2.05) is 48.7 Å². The molecule has 0 saturated carbocycles. The van der Waals surface area contributed by atoms with Crippen LogP contribution in [0.15, 0.2) is 59.6 Å². The van der Waals surface area contributed by atoms with E-state index in [0.29, 0.717) is 0 Å². The number of nitrogens with zero attached hydrogens (tertiary/aromatic N) is 1. The van der Waals surface area contributed by atoms with Crippen LogP contribution in [0.2, 0.25) is 0 Å². The predicted octanol–water partition coefficient (Wildman–Crippen LogP) is 3.71. The van der Waals surface area contributed by atoms with Gasteiger partial charge in [0.1, 0.15) is 0 Å². The number of aryl methyl sites for hydroxylation is 1. The summed E-state index contributed by atoms with van der Waals surface area (Å²) in [6, 6.07) is 18.4. The van der Waals surface area contributed by atoms with Crippen LogP contribution in [0.5, 0.6) is 0 Å². The van der Waals surface area contributed by atoms with Crippen molar-refractivity contribution in [3.8, 4) is 0 Å². The molecule has 0 unspecified atom stereocenters. The first-order chi connectivity index (χ1) is 9.88. The van der Waals surface area contributed by atoms with Crippen molar-refractivity contribution in [2.45, 2.75) is 6.42 Å². The monoisotopic (exact) mass is 285 g/mol. The summed E-state index contributed by atoms with van der Waals surface area (Å²) >= 11 is 1.78. The van der Waals surface area contributed by atoms with Gasteiger partial charge in [-0.2, -0.15) is 11.8 Å². The molecule has 0 saturated heterocycles. The Balaban J connectivity index is 1.87. The Morgan fingerprint density at radius 3 is 2.40 bits per heavy atom. The quantitative estimate of drug-likeness (QED) is 0.621. The van der Waals surface area contributed by atoms with Gasteiger partial charge < -0.3 is 5.11 Å². The molecule has 0 aliphatic heterocycles. The van der Waals surface area contributed by atoms with Crippen LogP contribution in [0, 0.1) is 0 Å². The lowest BCUT2D eigenvalue weighted by Crippen LogP contribution is -1.92. The minimum Gasteiger partial charge on any atom is -0.396 e. The Hall–Kier alpha value is -1.58. The van der Waals surface area contributed by atoms with Gasteiger partial charge in [-0.3, -0.25) is 4.99 Å². The molecule has 0 aliphatic carbocycles. The molecule has 0 spiro atoms. The van der Waals surface area contributed by atoms with E-state index in [1.54, 1.807) is 11.8 Å². The molecule has 0 amide bonds. The number of thioether (sulfide) groups is 1. The predicted molar refractivity (Wildman–Crippen MR) is 88.3 cm³/mol. The standard InChI is InChI=1S/C17H19NOS/c19-11-13-20-12-10-15-6-8-17(9-7-15)18-14-16-4-2-1-3-5-16/h1-9,14,19H,10-13H2. The zero-order valence-electron chi connectivity index (χ0n) is 11.4. The van der Waals surface area contributed by atoms with Crippen LogP contribution in [0.1, 0.15) is 11.1 Å². The van der Waals surface area contributed by atoms with Gasteiger partial charge in [-0.1, -0.05) is 42.5 Å². The van der Waals surface area contributed by atoms with Gasteiger partial charge in [0.25, 0.3) is 0 Å². The van der Waals surface area contributed by atoms with Crippen LogP contribution >= 0.6 is 11.8 Å². The average molecular weight is 285 g/mol. The molecule has 2 aromatic rings. The van der Waals surface area contributed by atoms with Gasteiger partial charge in [-0.25, -0.2) is 0 Å². The highest BCUT2D eigenvalue weighted by Crippen LogP contribution is 2.15. The molecule has 0 fully saturated rings. The fourth-order valence-electron chi connectivity index (χ4n) is 1.79. The highest BCUT2D eigenvalue weighted by molar-refractivity contribution is 7.99. The fourth-order valence-corrected chi connectivity index (χ4v) is 2.51. The third-order valence-electron chi connectivity index (χ3n) is 2.87. The zero-order chi connectivity index (χ0) is 14.0. The third-order valence-corrected chi connectivity index (χ3v) is 3.83. The van der Waals surface area contributed by atoms with Gasteiger partial charge in [0.2, 0.25) is 0 Å². The van der Waals surface area contributed by atoms with E-state index in [-0.39, 0.29) is 6.61 Å². The van der Waals surface area contributed by atoms with Crippen LogP contribution in [-0.2, 0) is 6.42 Å². The lowest BCUT2D eigenvalue weighted by molar-refractivity contribution is 0.322. The van der Waals surface area contributed by atoms with E-state index in [9.17, 15) is 0 Å². The van der Waals surface area contributed by atoms with Crippen LogP contribution in [0.4, 0.5) is 5.69 Å². The van der Waals surface area contributed by atoms with E-state index >= 15 is 0 Å². The molecular weight excluding hydrogens is 266 g/mol.